The van der Waals surface area contributed by atoms with E-state index >= 15 is 0 Å². The highest BCUT2D eigenvalue weighted by molar-refractivity contribution is 5.94. The first kappa shape index (κ1) is 17.8. The van der Waals surface area contributed by atoms with Crippen molar-refractivity contribution in [2.24, 2.45) is 7.05 Å². The molecule has 0 amide bonds. The molecule has 28 heavy (non-hydrogen) atoms. The van der Waals surface area contributed by atoms with E-state index in [9.17, 15) is 9.18 Å². The molecular formula is C21H18FN5O. The van der Waals surface area contributed by atoms with E-state index in [2.05, 4.69) is 15.2 Å². The van der Waals surface area contributed by atoms with E-state index in [-0.39, 0.29) is 18.1 Å². The van der Waals surface area contributed by atoms with Crippen LogP contribution in [-0.4, -0.2) is 30.3 Å². The quantitative estimate of drug-likeness (QED) is 0.499. The minimum absolute atomic E-state index is 0.0652. The van der Waals surface area contributed by atoms with Crippen molar-refractivity contribution in [3.63, 3.8) is 0 Å². The van der Waals surface area contributed by atoms with Crippen LogP contribution >= 0.6 is 0 Å². The molecule has 6 nitrogen and oxygen atoms in total. The smallest absolute Gasteiger partial charge is 0.204 e. The van der Waals surface area contributed by atoms with Crippen LogP contribution in [0.5, 0.6) is 0 Å². The maximum Gasteiger partial charge on any atom is 0.204 e. The summed E-state index contributed by atoms with van der Waals surface area (Å²) in [6.45, 7) is 1.96. The van der Waals surface area contributed by atoms with Crippen LogP contribution in [0.1, 0.15) is 16.2 Å². The summed E-state index contributed by atoms with van der Waals surface area (Å²) in [7, 11) is 1.80. The van der Waals surface area contributed by atoms with Gasteiger partial charge in [-0.05, 0) is 55.0 Å². The standard InChI is InChI=1S/C21H18FN5O/c1-14-11-19(24-26(14)2)20(28)13-27-12-18(15-7-9-23-10-8-15)21(25-27)16-3-5-17(22)6-4-16/h3-12H,13H2,1-2H3. The molecule has 0 saturated carbocycles. The Morgan fingerprint density at radius 3 is 2.39 bits per heavy atom. The molecule has 1 aromatic carbocycles. The van der Waals surface area contributed by atoms with Crippen molar-refractivity contribution >= 4 is 5.78 Å². The first-order valence-corrected chi connectivity index (χ1v) is 8.79. The molecule has 140 valence electrons. The molecule has 0 radical (unpaired) electrons. The zero-order chi connectivity index (χ0) is 19.7. The van der Waals surface area contributed by atoms with Gasteiger partial charge >= 0.3 is 0 Å². The Morgan fingerprint density at radius 2 is 1.75 bits per heavy atom. The topological polar surface area (TPSA) is 65.6 Å². The second-order valence-electron chi connectivity index (χ2n) is 6.55. The number of carbonyl (C=O) groups excluding carboxylic acids is 1. The third-order valence-corrected chi connectivity index (χ3v) is 4.58. The summed E-state index contributed by atoms with van der Waals surface area (Å²) in [6, 6.07) is 11.7. The summed E-state index contributed by atoms with van der Waals surface area (Å²) in [6.07, 6.45) is 5.22. The molecule has 3 heterocycles. The molecule has 0 N–H and O–H groups in total. The van der Waals surface area contributed by atoms with Crippen molar-refractivity contribution in [2.75, 3.05) is 0 Å². The molecule has 0 spiro atoms. The van der Waals surface area contributed by atoms with E-state index in [0.29, 0.717) is 11.4 Å². The van der Waals surface area contributed by atoms with Crippen molar-refractivity contribution in [3.8, 4) is 22.4 Å². The lowest BCUT2D eigenvalue weighted by Gasteiger charge is -2.02. The number of rotatable bonds is 5. The van der Waals surface area contributed by atoms with Crippen LogP contribution < -0.4 is 0 Å². The first-order chi connectivity index (χ1) is 13.5. The third kappa shape index (κ3) is 3.46. The number of pyridine rings is 1. The third-order valence-electron chi connectivity index (χ3n) is 4.58. The van der Waals surface area contributed by atoms with Gasteiger partial charge in [0.25, 0.3) is 0 Å². The maximum atomic E-state index is 13.3. The summed E-state index contributed by atoms with van der Waals surface area (Å²) in [4.78, 5) is 16.7. The molecule has 0 aliphatic heterocycles. The lowest BCUT2D eigenvalue weighted by molar-refractivity contribution is 0.0962. The number of Topliss-reactive ketones (excluding diaryl/α,β-unsaturated/α-hetero) is 1. The number of benzene rings is 1. The van der Waals surface area contributed by atoms with Gasteiger partial charge in [-0.1, -0.05) is 0 Å². The number of nitrogens with zero attached hydrogens (tertiary/aromatic N) is 5. The monoisotopic (exact) mass is 375 g/mol. The van der Waals surface area contributed by atoms with Gasteiger partial charge in [0.05, 0.1) is 0 Å². The normalized spacial score (nSPS) is 11.0. The lowest BCUT2D eigenvalue weighted by atomic mass is 10.0. The molecule has 0 saturated heterocycles. The zero-order valence-electron chi connectivity index (χ0n) is 15.5. The number of aryl methyl sites for hydroxylation is 2. The molecule has 0 atom stereocenters. The highest BCUT2D eigenvalue weighted by Gasteiger charge is 2.17. The van der Waals surface area contributed by atoms with Crippen LogP contribution in [0.4, 0.5) is 4.39 Å². The molecule has 3 aromatic heterocycles. The average molecular weight is 375 g/mol. The Morgan fingerprint density at radius 1 is 1.04 bits per heavy atom. The number of aromatic nitrogens is 5. The van der Waals surface area contributed by atoms with Gasteiger partial charge in [-0.15, -0.1) is 0 Å². The number of hydrogen-bond acceptors (Lipinski definition) is 4. The average Bonchev–Trinajstić information content (AvgIpc) is 3.27. The van der Waals surface area contributed by atoms with Gasteiger partial charge in [0.1, 0.15) is 23.7 Å². The number of ketones is 1. The van der Waals surface area contributed by atoms with E-state index in [0.717, 1.165) is 22.4 Å². The van der Waals surface area contributed by atoms with Crippen molar-refractivity contribution in [3.05, 3.63) is 78.3 Å². The summed E-state index contributed by atoms with van der Waals surface area (Å²) in [5.74, 6) is -0.438. The number of halogens is 1. The number of carbonyl (C=O) groups is 1. The molecule has 7 heteroatoms. The lowest BCUT2D eigenvalue weighted by Crippen LogP contribution is -2.12. The van der Waals surface area contributed by atoms with Crippen LogP contribution in [0.2, 0.25) is 0 Å². The summed E-state index contributed by atoms with van der Waals surface area (Å²) >= 11 is 0. The van der Waals surface area contributed by atoms with Crippen LogP contribution in [0, 0.1) is 12.7 Å². The van der Waals surface area contributed by atoms with Crippen molar-refractivity contribution < 1.29 is 9.18 Å². The van der Waals surface area contributed by atoms with Gasteiger partial charge in [-0.25, -0.2) is 4.39 Å². The molecule has 0 bridgehead atoms. The molecule has 4 aromatic rings. The SMILES string of the molecule is Cc1cc(C(=O)Cn2cc(-c3ccncc3)c(-c3ccc(F)cc3)n2)nn1C. The van der Waals surface area contributed by atoms with Crippen molar-refractivity contribution in [1.29, 1.82) is 0 Å². The predicted octanol–water partition coefficient (Wildman–Crippen LogP) is 3.68. The second-order valence-corrected chi connectivity index (χ2v) is 6.55. The predicted molar refractivity (Wildman–Crippen MR) is 103 cm³/mol. The fourth-order valence-corrected chi connectivity index (χ4v) is 2.99. The van der Waals surface area contributed by atoms with Gasteiger partial charge in [0.15, 0.2) is 0 Å². The molecule has 0 unspecified atom stereocenters. The highest BCUT2D eigenvalue weighted by Crippen LogP contribution is 2.31. The van der Waals surface area contributed by atoms with Crippen molar-refractivity contribution in [1.82, 2.24) is 24.5 Å². The van der Waals surface area contributed by atoms with Crippen LogP contribution in [0.25, 0.3) is 22.4 Å². The van der Waals surface area contributed by atoms with Gasteiger partial charge in [-0.2, -0.15) is 10.2 Å². The molecule has 0 fully saturated rings. The van der Waals surface area contributed by atoms with E-state index in [1.807, 2.05) is 25.3 Å². The van der Waals surface area contributed by atoms with Gasteiger partial charge in [-0.3, -0.25) is 19.1 Å². The van der Waals surface area contributed by atoms with Crippen molar-refractivity contribution in [2.45, 2.75) is 13.5 Å². The van der Waals surface area contributed by atoms with E-state index in [1.54, 1.807) is 47.0 Å². The zero-order valence-corrected chi connectivity index (χ0v) is 15.5. The molecule has 0 aliphatic rings. The van der Waals surface area contributed by atoms with Crippen LogP contribution in [0.15, 0.2) is 61.1 Å². The molecular weight excluding hydrogens is 357 g/mol. The van der Waals surface area contributed by atoms with E-state index < -0.39 is 0 Å². The van der Waals surface area contributed by atoms with E-state index in [1.165, 1.54) is 12.1 Å². The van der Waals surface area contributed by atoms with Gasteiger partial charge < -0.3 is 0 Å². The fraction of sp³-hybridized carbons (Fsp3) is 0.143. The summed E-state index contributed by atoms with van der Waals surface area (Å²) in [5.41, 5.74) is 4.53. The van der Waals surface area contributed by atoms with Crippen LogP contribution in [0.3, 0.4) is 0 Å². The van der Waals surface area contributed by atoms with Crippen LogP contribution in [-0.2, 0) is 13.6 Å². The largest absolute Gasteiger partial charge is 0.290 e. The first-order valence-electron chi connectivity index (χ1n) is 8.79. The van der Waals surface area contributed by atoms with Gasteiger partial charge in [0, 0.05) is 42.5 Å². The Kier molecular flexibility index (Phi) is 4.57. The second kappa shape index (κ2) is 7.19. The maximum absolute atomic E-state index is 13.3. The Labute approximate surface area is 161 Å². The minimum Gasteiger partial charge on any atom is -0.290 e. The summed E-state index contributed by atoms with van der Waals surface area (Å²) in [5, 5.41) is 8.84. The number of hydrogen-bond donors (Lipinski definition) is 0. The highest BCUT2D eigenvalue weighted by atomic mass is 19.1. The minimum atomic E-state index is -0.311. The molecule has 0 aliphatic carbocycles. The Balaban J connectivity index is 1.72. The molecule has 4 rings (SSSR count). The summed E-state index contributed by atoms with van der Waals surface area (Å²) < 4.78 is 16.6. The Hall–Kier alpha value is -3.61. The Bertz CT molecular complexity index is 1110. The van der Waals surface area contributed by atoms with E-state index in [4.69, 9.17) is 0 Å². The van der Waals surface area contributed by atoms with Gasteiger partial charge in [0.2, 0.25) is 5.78 Å². The fourth-order valence-electron chi connectivity index (χ4n) is 2.99.